The molecule has 4 heteroatoms. The second kappa shape index (κ2) is 10.0. The molecule has 1 aromatic carbocycles. The fourth-order valence-corrected chi connectivity index (χ4v) is 1.53. The standard InChI is InChI=1S/C14H23NO2.ClH/c1-12(2)17-14-9-5-4-8-13(14)16-11-7-3-6-10-15;/h4-5,8-9,12H,3,6-7,10-11,15H2,1-2H3;1H. The number of ether oxygens (including phenoxy) is 2. The molecule has 0 fully saturated rings. The summed E-state index contributed by atoms with van der Waals surface area (Å²) in [7, 11) is 0. The van der Waals surface area contributed by atoms with Crippen LogP contribution in [0.2, 0.25) is 0 Å². The Morgan fingerprint density at radius 2 is 1.72 bits per heavy atom. The Hall–Kier alpha value is -0.930. The maximum atomic E-state index is 5.72. The lowest BCUT2D eigenvalue weighted by Gasteiger charge is -2.14. The van der Waals surface area contributed by atoms with E-state index in [-0.39, 0.29) is 18.5 Å². The molecular formula is C14H24ClNO2. The topological polar surface area (TPSA) is 44.5 Å². The molecule has 0 saturated carbocycles. The van der Waals surface area contributed by atoms with Crippen molar-refractivity contribution in [1.29, 1.82) is 0 Å². The number of hydrogen-bond acceptors (Lipinski definition) is 3. The van der Waals surface area contributed by atoms with Gasteiger partial charge in [0.05, 0.1) is 12.7 Å². The molecule has 2 N–H and O–H groups in total. The van der Waals surface area contributed by atoms with Crippen molar-refractivity contribution < 1.29 is 9.47 Å². The molecule has 0 unspecified atom stereocenters. The lowest BCUT2D eigenvalue weighted by atomic mass is 10.2. The molecule has 3 nitrogen and oxygen atoms in total. The predicted octanol–water partition coefficient (Wildman–Crippen LogP) is 3.40. The molecule has 0 aliphatic carbocycles. The molecule has 104 valence electrons. The highest BCUT2D eigenvalue weighted by Crippen LogP contribution is 2.27. The summed E-state index contributed by atoms with van der Waals surface area (Å²) in [5.41, 5.74) is 5.44. The zero-order chi connectivity index (χ0) is 12.5. The Bertz CT molecular complexity index is 318. The monoisotopic (exact) mass is 273 g/mol. The van der Waals surface area contributed by atoms with Crippen molar-refractivity contribution in [3.05, 3.63) is 24.3 Å². The number of nitrogens with two attached hydrogens (primary N) is 1. The molecule has 0 aliphatic rings. The third-order valence-electron chi connectivity index (χ3n) is 2.32. The average molecular weight is 274 g/mol. The predicted molar refractivity (Wildman–Crippen MR) is 77.9 cm³/mol. The number of hydrogen-bond donors (Lipinski definition) is 1. The van der Waals surface area contributed by atoms with Gasteiger partial charge in [-0.3, -0.25) is 0 Å². The summed E-state index contributed by atoms with van der Waals surface area (Å²) >= 11 is 0. The molecule has 0 radical (unpaired) electrons. The zero-order valence-corrected chi connectivity index (χ0v) is 12.0. The van der Waals surface area contributed by atoms with E-state index in [1.54, 1.807) is 0 Å². The van der Waals surface area contributed by atoms with E-state index in [2.05, 4.69) is 0 Å². The second-order valence-electron chi connectivity index (χ2n) is 4.31. The van der Waals surface area contributed by atoms with Crippen molar-refractivity contribution in [2.24, 2.45) is 5.73 Å². The van der Waals surface area contributed by atoms with E-state index >= 15 is 0 Å². The van der Waals surface area contributed by atoms with Gasteiger partial charge in [0, 0.05) is 0 Å². The highest BCUT2D eigenvalue weighted by atomic mass is 35.5. The quantitative estimate of drug-likeness (QED) is 0.739. The van der Waals surface area contributed by atoms with Crippen molar-refractivity contribution in [2.75, 3.05) is 13.2 Å². The lowest BCUT2D eigenvalue weighted by Crippen LogP contribution is -2.08. The van der Waals surface area contributed by atoms with E-state index in [1.165, 1.54) is 0 Å². The van der Waals surface area contributed by atoms with Crippen LogP contribution >= 0.6 is 12.4 Å². The molecule has 0 bridgehead atoms. The van der Waals surface area contributed by atoms with Crippen LogP contribution in [0.15, 0.2) is 24.3 Å². The van der Waals surface area contributed by atoms with Crippen molar-refractivity contribution in [1.82, 2.24) is 0 Å². The molecule has 0 saturated heterocycles. The molecule has 0 spiro atoms. The zero-order valence-electron chi connectivity index (χ0n) is 11.2. The van der Waals surface area contributed by atoms with Crippen LogP contribution in [0.25, 0.3) is 0 Å². The van der Waals surface area contributed by atoms with Gasteiger partial charge in [0.25, 0.3) is 0 Å². The number of halogens is 1. The maximum absolute atomic E-state index is 5.72. The first-order valence-corrected chi connectivity index (χ1v) is 6.32. The minimum atomic E-state index is 0. The van der Waals surface area contributed by atoms with Crippen molar-refractivity contribution in [3.63, 3.8) is 0 Å². The van der Waals surface area contributed by atoms with Crippen LogP contribution in [0.1, 0.15) is 33.1 Å². The molecule has 0 aliphatic heterocycles. The van der Waals surface area contributed by atoms with Crippen LogP contribution in [-0.4, -0.2) is 19.3 Å². The van der Waals surface area contributed by atoms with Crippen molar-refractivity contribution in [2.45, 2.75) is 39.2 Å². The first kappa shape index (κ1) is 17.1. The van der Waals surface area contributed by atoms with Crippen molar-refractivity contribution in [3.8, 4) is 11.5 Å². The van der Waals surface area contributed by atoms with Gasteiger partial charge in [-0.05, 0) is 51.8 Å². The number of para-hydroxylation sites is 2. The summed E-state index contributed by atoms with van der Waals surface area (Å²) in [6.07, 6.45) is 3.38. The summed E-state index contributed by atoms with van der Waals surface area (Å²) in [5, 5.41) is 0. The molecule has 1 rings (SSSR count). The average Bonchev–Trinajstić information content (AvgIpc) is 2.30. The Morgan fingerprint density at radius 3 is 2.33 bits per heavy atom. The lowest BCUT2D eigenvalue weighted by molar-refractivity contribution is 0.219. The molecule has 0 amide bonds. The van der Waals surface area contributed by atoms with Gasteiger partial charge in [-0.1, -0.05) is 12.1 Å². The van der Waals surface area contributed by atoms with E-state index < -0.39 is 0 Å². The van der Waals surface area contributed by atoms with Crippen LogP contribution in [0, 0.1) is 0 Å². The fraction of sp³-hybridized carbons (Fsp3) is 0.571. The number of benzene rings is 1. The summed E-state index contributed by atoms with van der Waals surface area (Å²) < 4.78 is 11.4. The summed E-state index contributed by atoms with van der Waals surface area (Å²) in [5.74, 6) is 1.65. The highest BCUT2D eigenvalue weighted by Gasteiger charge is 2.05. The third-order valence-corrected chi connectivity index (χ3v) is 2.32. The van der Waals surface area contributed by atoms with Crippen LogP contribution in [0.4, 0.5) is 0 Å². The largest absolute Gasteiger partial charge is 0.490 e. The Kier molecular flexibility index (Phi) is 9.52. The minimum absolute atomic E-state index is 0. The van der Waals surface area contributed by atoms with Gasteiger partial charge in [0.15, 0.2) is 11.5 Å². The number of rotatable bonds is 8. The molecule has 0 aromatic heterocycles. The normalized spacial score (nSPS) is 10.0. The molecule has 18 heavy (non-hydrogen) atoms. The van der Waals surface area contributed by atoms with Crippen LogP contribution in [0.3, 0.4) is 0 Å². The highest BCUT2D eigenvalue weighted by molar-refractivity contribution is 5.85. The fourth-order valence-electron chi connectivity index (χ4n) is 1.53. The summed E-state index contributed by atoms with van der Waals surface area (Å²) in [6.45, 7) is 5.50. The van der Waals surface area contributed by atoms with Gasteiger partial charge in [-0.2, -0.15) is 0 Å². The Morgan fingerprint density at radius 1 is 1.06 bits per heavy atom. The maximum Gasteiger partial charge on any atom is 0.161 e. The summed E-state index contributed by atoms with van der Waals surface area (Å²) in [4.78, 5) is 0. The molecule has 0 atom stereocenters. The molecular weight excluding hydrogens is 250 g/mol. The van der Waals surface area contributed by atoms with Gasteiger partial charge < -0.3 is 15.2 Å². The number of unbranched alkanes of at least 4 members (excludes halogenated alkanes) is 2. The summed E-state index contributed by atoms with van der Waals surface area (Å²) in [6, 6.07) is 7.80. The first-order valence-electron chi connectivity index (χ1n) is 6.32. The van der Waals surface area contributed by atoms with E-state index in [0.717, 1.165) is 43.9 Å². The van der Waals surface area contributed by atoms with Gasteiger partial charge in [0.2, 0.25) is 0 Å². The van der Waals surface area contributed by atoms with Crippen molar-refractivity contribution >= 4 is 12.4 Å². The SMILES string of the molecule is CC(C)Oc1ccccc1OCCCCCN.Cl. The minimum Gasteiger partial charge on any atom is -0.490 e. The third kappa shape index (κ3) is 6.72. The Labute approximate surface area is 116 Å². The van der Waals surface area contributed by atoms with E-state index in [9.17, 15) is 0 Å². The smallest absolute Gasteiger partial charge is 0.161 e. The van der Waals surface area contributed by atoms with E-state index in [1.807, 2.05) is 38.1 Å². The molecule has 1 aromatic rings. The second-order valence-corrected chi connectivity index (χ2v) is 4.31. The van der Waals surface area contributed by atoms with Gasteiger partial charge in [0.1, 0.15) is 0 Å². The van der Waals surface area contributed by atoms with Gasteiger partial charge >= 0.3 is 0 Å². The van der Waals surface area contributed by atoms with Gasteiger partial charge in [-0.15, -0.1) is 12.4 Å². The first-order chi connectivity index (χ1) is 8.24. The molecule has 0 heterocycles. The van der Waals surface area contributed by atoms with Crippen LogP contribution < -0.4 is 15.2 Å². The van der Waals surface area contributed by atoms with E-state index in [4.69, 9.17) is 15.2 Å². The Balaban J connectivity index is 0.00000289. The van der Waals surface area contributed by atoms with Gasteiger partial charge in [-0.25, -0.2) is 0 Å². The van der Waals surface area contributed by atoms with Crippen LogP contribution in [0.5, 0.6) is 11.5 Å². The van der Waals surface area contributed by atoms with Crippen LogP contribution in [-0.2, 0) is 0 Å². The van der Waals surface area contributed by atoms with E-state index in [0.29, 0.717) is 0 Å².